The number of halogens is 1. The zero-order valence-electron chi connectivity index (χ0n) is 15.8. The summed E-state index contributed by atoms with van der Waals surface area (Å²) in [4.78, 5) is 25.5. The van der Waals surface area contributed by atoms with Crippen LogP contribution in [0.25, 0.3) is 0 Å². The van der Waals surface area contributed by atoms with Crippen LogP contribution in [0.2, 0.25) is 5.02 Å². The van der Waals surface area contributed by atoms with Crippen molar-refractivity contribution >= 4 is 29.1 Å². The zero-order chi connectivity index (χ0) is 19.9. The minimum Gasteiger partial charge on any atom is -0.454 e. The molecule has 2 aromatic carbocycles. The van der Waals surface area contributed by atoms with E-state index in [4.69, 9.17) is 16.3 Å². The summed E-state index contributed by atoms with van der Waals surface area (Å²) in [6.45, 7) is 3.07. The molecule has 148 valence electrons. The first-order valence-electron chi connectivity index (χ1n) is 9.33. The lowest BCUT2D eigenvalue weighted by Crippen LogP contribution is -2.47. The average Bonchev–Trinajstić information content (AvgIpc) is 2.69. The van der Waals surface area contributed by atoms with Crippen LogP contribution in [0.3, 0.4) is 0 Å². The molecule has 0 atom stereocenters. The number of nitrogens with zero attached hydrogens (tertiary/aromatic N) is 1. The molecule has 3 rings (SSSR count). The van der Waals surface area contributed by atoms with E-state index in [1.807, 2.05) is 41.3 Å². The van der Waals surface area contributed by atoms with E-state index in [-0.39, 0.29) is 24.4 Å². The molecule has 2 amide bonds. The van der Waals surface area contributed by atoms with Crippen molar-refractivity contribution in [1.29, 1.82) is 0 Å². The van der Waals surface area contributed by atoms with Gasteiger partial charge in [0.05, 0.1) is 17.3 Å². The van der Waals surface area contributed by atoms with Gasteiger partial charge in [-0.2, -0.15) is 0 Å². The number of likely N-dealkylation sites (tertiary alicyclic amines) is 1. The monoisotopic (exact) mass is 401 g/mol. The maximum Gasteiger partial charge on any atom is 0.239 e. The molecule has 28 heavy (non-hydrogen) atoms. The van der Waals surface area contributed by atoms with Gasteiger partial charge in [-0.05, 0) is 37.1 Å². The normalized spacial score (nSPS) is 14.4. The van der Waals surface area contributed by atoms with Crippen LogP contribution in [0.15, 0.2) is 48.5 Å². The topological polar surface area (TPSA) is 70.7 Å². The number of carbonyl (C=O) groups excluding carboxylic acids is 2. The maximum absolute atomic E-state index is 12.3. The Hall–Kier alpha value is -2.73. The van der Waals surface area contributed by atoms with Crippen LogP contribution in [0.1, 0.15) is 19.8 Å². The Morgan fingerprint density at radius 1 is 1.07 bits per heavy atom. The highest BCUT2D eigenvalue weighted by atomic mass is 35.5. The van der Waals surface area contributed by atoms with Gasteiger partial charge in [-0.3, -0.25) is 9.59 Å². The van der Waals surface area contributed by atoms with Gasteiger partial charge in [-0.15, -0.1) is 0 Å². The average molecular weight is 402 g/mol. The number of para-hydroxylation sites is 3. The van der Waals surface area contributed by atoms with E-state index >= 15 is 0 Å². The van der Waals surface area contributed by atoms with Crippen molar-refractivity contribution in [3.05, 3.63) is 53.6 Å². The fourth-order valence-electron chi connectivity index (χ4n) is 3.14. The summed E-state index contributed by atoms with van der Waals surface area (Å²) in [6.07, 6.45) is 1.55. The van der Waals surface area contributed by atoms with Crippen LogP contribution < -0.4 is 15.4 Å². The van der Waals surface area contributed by atoms with Crippen LogP contribution in [0, 0.1) is 0 Å². The van der Waals surface area contributed by atoms with Crippen molar-refractivity contribution in [2.45, 2.75) is 25.8 Å². The number of anilines is 1. The number of nitrogens with one attached hydrogen (secondary N) is 2. The molecule has 1 saturated heterocycles. The van der Waals surface area contributed by atoms with Gasteiger partial charge in [-0.25, -0.2) is 0 Å². The molecular weight excluding hydrogens is 378 g/mol. The summed E-state index contributed by atoms with van der Waals surface area (Å²) >= 11 is 6.16. The molecule has 2 aromatic rings. The van der Waals surface area contributed by atoms with Crippen molar-refractivity contribution in [2.24, 2.45) is 0 Å². The number of benzene rings is 2. The van der Waals surface area contributed by atoms with Crippen LogP contribution in [0.4, 0.5) is 5.69 Å². The van der Waals surface area contributed by atoms with Crippen LogP contribution in [0.5, 0.6) is 11.5 Å². The van der Waals surface area contributed by atoms with Gasteiger partial charge in [0.15, 0.2) is 5.75 Å². The van der Waals surface area contributed by atoms with Gasteiger partial charge < -0.3 is 20.3 Å². The fraction of sp³-hybridized carbons (Fsp3) is 0.333. The van der Waals surface area contributed by atoms with Gasteiger partial charge in [0, 0.05) is 26.1 Å². The van der Waals surface area contributed by atoms with Crippen molar-refractivity contribution in [2.75, 3.05) is 25.0 Å². The predicted molar refractivity (Wildman–Crippen MR) is 110 cm³/mol. The number of hydrogen-bond acceptors (Lipinski definition) is 4. The van der Waals surface area contributed by atoms with E-state index in [2.05, 4.69) is 10.6 Å². The van der Waals surface area contributed by atoms with E-state index in [0.29, 0.717) is 35.3 Å². The molecule has 0 radical (unpaired) electrons. The first-order valence-corrected chi connectivity index (χ1v) is 9.71. The standard InChI is InChI=1S/C21H24ClN3O3/c1-15(26)25-12-10-16(11-13-25)24-21(27)14-23-18-7-3-5-9-20(18)28-19-8-4-2-6-17(19)22/h2-9,16,23H,10-14H2,1H3,(H,24,27). The number of amides is 2. The lowest BCUT2D eigenvalue weighted by molar-refractivity contribution is -0.130. The minimum absolute atomic E-state index is 0.0848. The molecule has 1 aliphatic rings. The molecule has 1 heterocycles. The predicted octanol–water partition coefficient (Wildman–Crippen LogP) is 3.67. The molecule has 1 fully saturated rings. The van der Waals surface area contributed by atoms with Crippen molar-refractivity contribution in [1.82, 2.24) is 10.2 Å². The molecule has 7 heteroatoms. The molecule has 0 saturated carbocycles. The quantitative estimate of drug-likeness (QED) is 0.774. The Morgan fingerprint density at radius 2 is 1.71 bits per heavy atom. The van der Waals surface area contributed by atoms with Crippen molar-refractivity contribution in [3.8, 4) is 11.5 Å². The highest BCUT2D eigenvalue weighted by Crippen LogP contribution is 2.33. The maximum atomic E-state index is 12.3. The summed E-state index contributed by atoms with van der Waals surface area (Å²) in [7, 11) is 0. The number of piperidine rings is 1. The molecule has 0 spiro atoms. The lowest BCUT2D eigenvalue weighted by atomic mass is 10.1. The van der Waals surface area contributed by atoms with Gasteiger partial charge in [-0.1, -0.05) is 35.9 Å². The third-order valence-corrected chi connectivity index (χ3v) is 5.00. The Labute approximate surface area is 169 Å². The van der Waals surface area contributed by atoms with Crippen LogP contribution in [-0.2, 0) is 9.59 Å². The fourth-order valence-corrected chi connectivity index (χ4v) is 3.31. The number of carbonyl (C=O) groups is 2. The number of rotatable bonds is 6. The first-order chi connectivity index (χ1) is 13.5. The Bertz CT molecular complexity index is 835. The zero-order valence-corrected chi connectivity index (χ0v) is 16.5. The van der Waals surface area contributed by atoms with Crippen LogP contribution >= 0.6 is 11.6 Å². The number of hydrogen-bond donors (Lipinski definition) is 2. The smallest absolute Gasteiger partial charge is 0.239 e. The number of ether oxygens (including phenoxy) is 1. The van der Waals surface area contributed by atoms with Gasteiger partial charge in [0.25, 0.3) is 0 Å². The summed E-state index contributed by atoms with van der Waals surface area (Å²) in [5.41, 5.74) is 0.712. The molecule has 0 aromatic heterocycles. The van der Waals surface area contributed by atoms with E-state index < -0.39 is 0 Å². The van der Waals surface area contributed by atoms with E-state index in [0.717, 1.165) is 12.8 Å². The second kappa shape index (κ2) is 9.46. The largest absolute Gasteiger partial charge is 0.454 e. The lowest BCUT2D eigenvalue weighted by Gasteiger charge is -2.31. The summed E-state index contributed by atoms with van der Waals surface area (Å²) in [6, 6.07) is 14.7. The van der Waals surface area contributed by atoms with E-state index in [1.165, 1.54) is 0 Å². The molecule has 6 nitrogen and oxygen atoms in total. The molecule has 2 N–H and O–H groups in total. The van der Waals surface area contributed by atoms with E-state index in [9.17, 15) is 9.59 Å². The highest BCUT2D eigenvalue weighted by molar-refractivity contribution is 6.32. The second-order valence-corrected chi connectivity index (χ2v) is 7.14. The molecule has 0 aliphatic carbocycles. The molecule has 0 unspecified atom stereocenters. The molecular formula is C21H24ClN3O3. The third-order valence-electron chi connectivity index (χ3n) is 4.69. The SMILES string of the molecule is CC(=O)N1CCC(NC(=O)CNc2ccccc2Oc2ccccc2Cl)CC1. The second-order valence-electron chi connectivity index (χ2n) is 6.73. The van der Waals surface area contributed by atoms with Crippen molar-refractivity contribution < 1.29 is 14.3 Å². The Balaban J connectivity index is 1.53. The Kier molecular flexibility index (Phi) is 6.76. The van der Waals surface area contributed by atoms with Gasteiger partial charge >= 0.3 is 0 Å². The Morgan fingerprint density at radius 3 is 2.39 bits per heavy atom. The van der Waals surface area contributed by atoms with Crippen molar-refractivity contribution in [3.63, 3.8) is 0 Å². The summed E-state index contributed by atoms with van der Waals surface area (Å²) in [5.74, 6) is 1.15. The molecule has 0 bridgehead atoms. The first kappa shape index (κ1) is 20.0. The highest BCUT2D eigenvalue weighted by Gasteiger charge is 2.21. The summed E-state index contributed by atoms with van der Waals surface area (Å²) < 4.78 is 5.89. The minimum atomic E-state index is -0.0891. The van der Waals surface area contributed by atoms with Gasteiger partial charge in [0.1, 0.15) is 5.75 Å². The summed E-state index contributed by atoms with van der Waals surface area (Å²) in [5, 5.41) is 6.67. The van der Waals surface area contributed by atoms with E-state index in [1.54, 1.807) is 19.1 Å². The van der Waals surface area contributed by atoms with Gasteiger partial charge in [0.2, 0.25) is 11.8 Å². The molecule has 1 aliphatic heterocycles. The van der Waals surface area contributed by atoms with Crippen LogP contribution in [-0.4, -0.2) is 42.4 Å². The third kappa shape index (κ3) is 5.39.